The van der Waals surface area contributed by atoms with Crippen molar-refractivity contribution in [3.05, 3.63) is 41.5 Å². The third-order valence-corrected chi connectivity index (χ3v) is 4.05. The van der Waals surface area contributed by atoms with Crippen LogP contribution in [0.2, 0.25) is 0 Å². The molecule has 0 aliphatic carbocycles. The van der Waals surface area contributed by atoms with Gasteiger partial charge in [0.1, 0.15) is 0 Å². The van der Waals surface area contributed by atoms with Gasteiger partial charge in [0.15, 0.2) is 0 Å². The Morgan fingerprint density at radius 1 is 0.917 bits per heavy atom. The molecule has 0 N–H and O–H groups in total. The van der Waals surface area contributed by atoms with E-state index in [2.05, 4.69) is 71.9 Å². The molecule has 0 saturated heterocycles. The summed E-state index contributed by atoms with van der Waals surface area (Å²) in [7, 11) is 0. The predicted molar refractivity (Wildman–Crippen MR) is 115 cm³/mol. The Labute approximate surface area is 153 Å². The molecule has 1 rings (SSSR count). The average Bonchev–Trinajstić information content (AvgIpc) is 2.62. The third-order valence-electron chi connectivity index (χ3n) is 4.05. The van der Waals surface area contributed by atoms with Crippen molar-refractivity contribution in [3.63, 3.8) is 0 Å². The molecule has 0 aromatic heterocycles. The van der Waals surface area contributed by atoms with E-state index in [1.54, 1.807) is 0 Å². The summed E-state index contributed by atoms with van der Waals surface area (Å²) in [6, 6.07) is 8.99. The van der Waals surface area contributed by atoms with Crippen LogP contribution in [0, 0.1) is 5.92 Å². The SMILES string of the molecule is C/C=C(\C)c1ccc(CCCCC)cc1.CC.CCCCC(C)C. The van der Waals surface area contributed by atoms with Crippen molar-refractivity contribution in [2.75, 3.05) is 0 Å². The molecule has 0 bridgehead atoms. The van der Waals surface area contributed by atoms with Gasteiger partial charge in [0.05, 0.1) is 0 Å². The lowest BCUT2D eigenvalue weighted by atomic mass is 10.0. The molecular formula is C24H44. The minimum atomic E-state index is 0.903. The van der Waals surface area contributed by atoms with Crippen LogP contribution in [0.25, 0.3) is 5.57 Å². The molecule has 0 radical (unpaired) electrons. The quantitative estimate of drug-likeness (QED) is 0.417. The molecule has 0 spiro atoms. The van der Waals surface area contributed by atoms with Crippen molar-refractivity contribution in [1.82, 2.24) is 0 Å². The van der Waals surface area contributed by atoms with Gasteiger partial charge in [-0.3, -0.25) is 0 Å². The molecule has 0 fully saturated rings. The summed E-state index contributed by atoms with van der Waals surface area (Å²) in [6.45, 7) is 17.3. The Kier molecular flexibility index (Phi) is 19.2. The second-order valence-electron chi connectivity index (χ2n) is 6.66. The molecule has 0 heterocycles. The van der Waals surface area contributed by atoms with Crippen LogP contribution in [0.3, 0.4) is 0 Å². The summed E-state index contributed by atoms with van der Waals surface area (Å²) >= 11 is 0. The number of rotatable bonds is 8. The van der Waals surface area contributed by atoms with E-state index >= 15 is 0 Å². The third kappa shape index (κ3) is 14.5. The second kappa shape index (κ2) is 18.3. The van der Waals surface area contributed by atoms with Gasteiger partial charge in [0.2, 0.25) is 0 Å². The summed E-state index contributed by atoms with van der Waals surface area (Å²) in [4.78, 5) is 0. The number of unbranched alkanes of at least 4 members (excludes halogenated alkanes) is 3. The molecule has 1 aromatic carbocycles. The van der Waals surface area contributed by atoms with Crippen LogP contribution in [0.4, 0.5) is 0 Å². The van der Waals surface area contributed by atoms with E-state index in [0.29, 0.717) is 0 Å². The average molecular weight is 333 g/mol. The van der Waals surface area contributed by atoms with Crippen LogP contribution in [0.1, 0.15) is 105 Å². The summed E-state index contributed by atoms with van der Waals surface area (Å²) in [5.74, 6) is 0.903. The topological polar surface area (TPSA) is 0 Å². The Bertz CT molecular complexity index is 381. The summed E-state index contributed by atoms with van der Waals surface area (Å²) in [5, 5.41) is 0. The van der Waals surface area contributed by atoms with E-state index in [1.165, 1.54) is 61.6 Å². The minimum absolute atomic E-state index is 0.903. The molecule has 0 heteroatoms. The number of benzene rings is 1. The first-order chi connectivity index (χ1) is 11.5. The molecule has 0 nitrogen and oxygen atoms in total. The number of hydrogen-bond acceptors (Lipinski definition) is 0. The van der Waals surface area contributed by atoms with Crippen LogP contribution in [0.15, 0.2) is 30.3 Å². The van der Waals surface area contributed by atoms with Gasteiger partial charge < -0.3 is 0 Å². The highest BCUT2D eigenvalue weighted by molar-refractivity contribution is 5.63. The zero-order valence-electron chi connectivity index (χ0n) is 17.9. The molecular weight excluding hydrogens is 288 g/mol. The largest absolute Gasteiger partial charge is 0.0841 e. The van der Waals surface area contributed by atoms with Gasteiger partial charge in [-0.1, -0.05) is 104 Å². The molecule has 1 aromatic rings. The molecule has 0 atom stereocenters. The molecule has 24 heavy (non-hydrogen) atoms. The number of hydrogen-bond donors (Lipinski definition) is 0. The van der Waals surface area contributed by atoms with Gasteiger partial charge in [-0.15, -0.1) is 0 Å². The first-order valence-corrected chi connectivity index (χ1v) is 10.3. The molecule has 0 unspecified atom stereocenters. The van der Waals surface area contributed by atoms with Crippen LogP contribution in [-0.4, -0.2) is 0 Å². The lowest BCUT2D eigenvalue weighted by molar-refractivity contribution is 0.550. The van der Waals surface area contributed by atoms with Crippen molar-refractivity contribution < 1.29 is 0 Å². The molecule has 140 valence electrons. The van der Waals surface area contributed by atoms with Gasteiger partial charge in [-0.25, -0.2) is 0 Å². The van der Waals surface area contributed by atoms with E-state index in [-0.39, 0.29) is 0 Å². The zero-order valence-corrected chi connectivity index (χ0v) is 17.9. The number of allylic oxidation sites excluding steroid dienone is 2. The standard InChI is InChI=1S/C15H22.C7H16.C2H6/c1-4-6-7-8-14-9-11-15(12-10-14)13(3)5-2;1-4-5-6-7(2)3;1-2/h5,9-12H,4,6-8H2,1-3H3;7H,4-6H2,1-3H3;1-2H3/b13-5+;;. The van der Waals surface area contributed by atoms with Crippen molar-refractivity contribution in [2.24, 2.45) is 5.92 Å². The van der Waals surface area contributed by atoms with Crippen LogP contribution in [-0.2, 0) is 6.42 Å². The lowest BCUT2D eigenvalue weighted by Gasteiger charge is -2.04. The van der Waals surface area contributed by atoms with Crippen molar-refractivity contribution >= 4 is 5.57 Å². The fourth-order valence-electron chi connectivity index (χ4n) is 2.29. The smallest absolute Gasteiger partial charge is 0.0230 e. The molecule has 0 aliphatic rings. The van der Waals surface area contributed by atoms with Crippen molar-refractivity contribution in [3.8, 4) is 0 Å². The highest BCUT2D eigenvalue weighted by Gasteiger charge is 1.96. The molecule has 0 aliphatic heterocycles. The molecule has 0 amide bonds. The summed E-state index contributed by atoms with van der Waals surface area (Å²) in [5.41, 5.74) is 4.17. The van der Waals surface area contributed by atoms with E-state index in [0.717, 1.165) is 5.92 Å². The van der Waals surface area contributed by atoms with Gasteiger partial charge in [-0.05, 0) is 49.3 Å². The lowest BCUT2D eigenvalue weighted by Crippen LogP contribution is -1.86. The second-order valence-corrected chi connectivity index (χ2v) is 6.66. The van der Waals surface area contributed by atoms with Crippen molar-refractivity contribution in [2.45, 2.75) is 100 Å². The number of aryl methyl sites for hydroxylation is 1. The summed E-state index contributed by atoms with van der Waals surface area (Å²) in [6.07, 6.45) is 11.5. The zero-order chi connectivity index (χ0) is 18.8. The van der Waals surface area contributed by atoms with Gasteiger partial charge in [0, 0.05) is 0 Å². The van der Waals surface area contributed by atoms with Crippen molar-refractivity contribution in [1.29, 1.82) is 0 Å². The highest BCUT2D eigenvalue weighted by atomic mass is 14.0. The first kappa shape index (κ1) is 25.2. The van der Waals surface area contributed by atoms with Gasteiger partial charge in [0.25, 0.3) is 0 Å². The first-order valence-electron chi connectivity index (χ1n) is 10.3. The Hall–Kier alpha value is -1.04. The summed E-state index contributed by atoms with van der Waals surface area (Å²) < 4.78 is 0. The predicted octanol–water partition coefficient (Wildman–Crippen LogP) is 8.70. The van der Waals surface area contributed by atoms with E-state index in [4.69, 9.17) is 0 Å². The van der Waals surface area contributed by atoms with Crippen LogP contribution >= 0.6 is 0 Å². The van der Waals surface area contributed by atoms with Gasteiger partial charge in [-0.2, -0.15) is 0 Å². The minimum Gasteiger partial charge on any atom is -0.0841 e. The Balaban J connectivity index is 0. The van der Waals surface area contributed by atoms with Crippen LogP contribution in [0.5, 0.6) is 0 Å². The fourth-order valence-corrected chi connectivity index (χ4v) is 2.29. The Morgan fingerprint density at radius 3 is 1.83 bits per heavy atom. The maximum atomic E-state index is 2.27. The maximum absolute atomic E-state index is 2.27. The van der Waals surface area contributed by atoms with E-state index in [1.807, 2.05) is 13.8 Å². The van der Waals surface area contributed by atoms with E-state index in [9.17, 15) is 0 Å². The van der Waals surface area contributed by atoms with E-state index < -0.39 is 0 Å². The Morgan fingerprint density at radius 2 is 1.46 bits per heavy atom. The maximum Gasteiger partial charge on any atom is -0.0230 e. The highest BCUT2D eigenvalue weighted by Crippen LogP contribution is 2.15. The normalized spacial score (nSPS) is 10.6. The van der Waals surface area contributed by atoms with Gasteiger partial charge >= 0.3 is 0 Å². The molecule has 0 saturated carbocycles. The van der Waals surface area contributed by atoms with Crippen LogP contribution < -0.4 is 0 Å². The monoisotopic (exact) mass is 332 g/mol. The fraction of sp³-hybridized carbons (Fsp3) is 0.667.